The van der Waals surface area contributed by atoms with E-state index in [0.717, 1.165) is 4.31 Å². The minimum Gasteiger partial charge on any atom is -0.491 e. The molecule has 0 aromatic heterocycles. The number of hydrogen-bond acceptors (Lipinski definition) is 4. The number of nitrogens with one attached hydrogen (secondary N) is 1. The van der Waals surface area contributed by atoms with Gasteiger partial charge in [0.25, 0.3) is 5.91 Å². The van der Waals surface area contributed by atoms with E-state index >= 15 is 0 Å². The fraction of sp³-hybridized carbons (Fsp3) is 0.278. The van der Waals surface area contributed by atoms with E-state index < -0.39 is 15.9 Å². The van der Waals surface area contributed by atoms with E-state index in [2.05, 4.69) is 5.32 Å². The fourth-order valence-corrected chi connectivity index (χ4v) is 3.27. The molecule has 8 heteroatoms. The number of rotatable bonds is 6. The average Bonchev–Trinajstić information content (AvgIpc) is 2.56. The molecule has 0 spiro atoms. The van der Waals surface area contributed by atoms with Crippen LogP contribution in [0.15, 0.2) is 47.4 Å². The van der Waals surface area contributed by atoms with Crippen LogP contribution in [0.25, 0.3) is 0 Å². The third kappa shape index (κ3) is 4.75. The largest absolute Gasteiger partial charge is 0.491 e. The van der Waals surface area contributed by atoms with E-state index in [-0.39, 0.29) is 21.6 Å². The zero-order chi connectivity index (χ0) is 19.5. The first-order chi connectivity index (χ1) is 12.1. The van der Waals surface area contributed by atoms with Crippen LogP contribution in [0, 0.1) is 0 Å². The number of amides is 1. The second-order valence-electron chi connectivity index (χ2n) is 6.07. The summed E-state index contributed by atoms with van der Waals surface area (Å²) in [4.78, 5) is 12.5. The lowest BCUT2D eigenvalue weighted by atomic mass is 10.2. The van der Waals surface area contributed by atoms with Crippen LogP contribution >= 0.6 is 11.6 Å². The summed E-state index contributed by atoms with van der Waals surface area (Å²) >= 11 is 6.08. The first-order valence-corrected chi connectivity index (χ1v) is 9.73. The summed E-state index contributed by atoms with van der Waals surface area (Å²) in [6.45, 7) is 3.85. The van der Waals surface area contributed by atoms with E-state index in [1.807, 2.05) is 13.8 Å². The third-order valence-electron chi connectivity index (χ3n) is 3.44. The molecule has 0 radical (unpaired) electrons. The molecule has 0 saturated carbocycles. The Balaban J connectivity index is 2.24. The predicted octanol–water partition coefficient (Wildman–Crippen LogP) is 3.63. The SMILES string of the molecule is CC(C)Oc1ccc(NC(=O)c2cc(S(=O)(=O)N(C)C)ccc2Cl)cc1. The zero-order valence-corrected chi connectivity index (χ0v) is 16.6. The summed E-state index contributed by atoms with van der Waals surface area (Å²) < 4.78 is 31.1. The molecule has 0 aliphatic heterocycles. The molecule has 0 atom stereocenters. The molecule has 1 N–H and O–H groups in total. The van der Waals surface area contributed by atoms with Crippen molar-refractivity contribution in [3.63, 3.8) is 0 Å². The topological polar surface area (TPSA) is 75.7 Å². The van der Waals surface area contributed by atoms with Crippen LogP contribution in [0.2, 0.25) is 5.02 Å². The first-order valence-electron chi connectivity index (χ1n) is 7.91. The Kier molecular flexibility index (Phi) is 6.28. The van der Waals surface area contributed by atoms with Gasteiger partial charge in [0.05, 0.1) is 21.6 Å². The summed E-state index contributed by atoms with van der Waals surface area (Å²) in [7, 11) is -0.819. The van der Waals surface area contributed by atoms with Gasteiger partial charge in [-0.25, -0.2) is 12.7 Å². The van der Waals surface area contributed by atoms with Crippen molar-refractivity contribution < 1.29 is 17.9 Å². The van der Waals surface area contributed by atoms with Crippen molar-refractivity contribution in [2.45, 2.75) is 24.8 Å². The van der Waals surface area contributed by atoms with Gasteiger partial charge in [-0.05, 0) is 56.3 Å². The third-order valence-corrected chi connectivity index (χ3v) is 5.59. The Morgan fingerprint density at radius 1 is 1.12 bits per heavy atom. The minimum absolute atomic E-state index is 0.00210. The van der Waals surface area contributed by atoms with Gasteiger partial charge in [0.2, 0.25) is 10.0 Å². The maximum atomic E-state index is 12.5. The van der Waals surface area contributed by atoms with E-state index in [1.54, 1.807) is 24.3 Å². The summed E-state index contributed by atoms with van der Waals surface area (Å²) in [5, 5.41) is 2.87. The van der Waals surface area contributed by atoms with Crippen LogP contribution in [-0.4, -0.2) is 38.8 Å². The highest BCUT2D eigenvalue weighted by molar-refractivity contribution is 7.89. The van der Waals surface area contributed by atoms with Gasteiger partial charge in [0, 0.05) is 19.8 Å². The molecular weight excluding hydrogens is 376 g/mol. The molecule has 140 valence electrons. The van der Waals surface area contributed by atoms with Crippen molar-refractivity contribution in [2.24, 2.45) is 0 Å². The number of anilines is 1. The highest BCUT2D eigenvalue weighted by atomic mass is 35.5. The van der Waals surface area contributed by atoms with Gasteiger partial charge >= 0.3 is 0 Å². The van der Waals surface area contributed by atoms with Crippen molar-refractivity contribution in [2.75, 3.05) is 19.4 Å². The smallest absolute Gasteiger partial charge is 0.257 e. The van der Waals surface area contributed by atoms with Crippen LogP contribution < -0.4 is 10.1 Å². The van der Waals surface area contributed by atoms with Crippen molar-refractivity contribution in [3.05, 3.63) is 53.1 Å². The van der Waals surface area contributed by atoms with Gasteiger partial charge in [-0.15, -0.1) is 0 Å². The molecule has 0 heterocycles. The van der Waals surface area contributed by atoms with Crippen molar-refractivity contribution in [1.82, 2.24) is 4.31 Å². The quantitative estimate of drug-likeness (QED) is 0.808. The van der Waals surface area contributed by atoms with Crippen LogP contribution in [0.1, 0.15) is 24.2 Å². The van der Waals surface area contributed by atoms with Crippen LogP contribution in [0.3, 0.4) is 0 Å². The lowest BCUT2D eigenvalue weighted by molar-refractivity contribution is 0.102. The fourth-order valence-electron chi connectivity index (χ4n) is 2.14. The first kappa shape index (κ1) is 20.2. The molecule has 0 bridgehead atoms. The van der Waals surface area contributed by atoms with E-state index in [1.165, 1.54) is 32.3 Å². The standard InChI is InChI=1S/C18H21ClN2O4S/c1-12(2)25-14-7-5-13(6-8-14)20-18(22)16-11-15(9-10-17(16)19)26(23,24)21(3)4/h5-12H,1-4H3,(H,20,22). The molecular formula is C18H21ClN2O4S. The lowest BCUT2D eigenvalue weighted by Crippen LogP contribution is -2.23. The minimum atomic E-state index is -3.66. The second-order valence-corrected chi connectivity index (χ2v) is 8.63. The summed E-state index contributed by atoms with van der Waals surface area (Å²) in [6, 6.07) is 10.9. The monoisotopic (exact) mass is 396 g/mol. The van der Waals surface area contributed by atoms with E-state index in [9.17, 15) is 13.2 Å². The number of nitrogens with zero attached hydrogens (tertiary/aromatic N) is 1. The number of halogens is 1. The maximum absolute atomic E-state index is 12.5. The van der Waals surface area contributed by atoms with Gasteiger partial charge in [0.15, 0.2) is 0 Å². The van der Waals surface area contributed by atoms with Crippen LogP contribution in [0.5, 0.6) is 5.75 Å². The van der Waals surface area contributed by atoms with Crippen LogP contribution in [0.4, 0.5) is 5.69 Å². The van der Waals surface area contributed by atoms with Crippen molar-refractivity contribution >= 4 is 33.2 Å². The van der Waals surface area contributed by atoms with Crippen LogP contribution in [-0.2, 0) is 10.0 Å². The van der Waals surface area contributed by atoms with Crippen molar-refractivity contribution in [3.8, 4) is 5.75 Å². The molecule has 2 aromatic carbocycles. The number of ether oxygens (including phenoxy) is 1. The lowest BCUT2D eigenvalue weighted by Gasteiger charge is -2.14. The molecule has 6 nitrogen and oxygen atoms in total. The molecule has 26 heavy (non-hydrogen) atoms. The molecule has 0 aliphatic carbocycles. The summed E-state index contributed by atoms with van der Waals surface area (Å²) in [5.74, 6) is 0.193. The number of hydrogen-bond donors (Lipinski definition) is 1. The molecule has 2 rings (SSSR count). The zero-order valence-electron chi connectivity index (χ0n) is 15.0. The summed E-state index contributed by atoms with van der Waals surface area (Å²) in [5.41, 5.74) is 0.625. The van der Waals surface area contributed by atoms with Gasteiger partial charge in [-0.2, -0.15) is 0 Å². The molecule has 2 aromatic rings. The average molecular weight is 397 g/mol. The molecule has 0 aliphatic rings. The highest BCUT2D eigenvalue weighted by Crippen LogP contribution is 2.24. The highest BCUT2D eigenvalue weighted by Gasteiger charge is 2.20. The number of carbonyl (C=O) groups excluding carboxylic acids is 1. The summed E-state index contributed by atoms with van der Waals surface area (Å²) in [6.07, 6.45) is 0.0515. The van der Waals surface area contributed by atoms with E-state index in [4.69, 9.17) is 16.3 Å². The normalized spacial score (nSPS) is 11.7. The Hall–Kier alpha value is -2.09. The predicted molar refractivity (Wildman–Crippen MR) is 102 cm³/mol. The van der Waals surface area contributed by atoms with Gasteiger partial charge in [-0.1, -0.05) is 11.6 Å². The second kappa shape index (κ2) is 8.07. The number of benzene rings is 2. The molecule has 0 saturated heterocycles. The Bertz CT molecular complexity index is 894. The number of sulfonamides is 1. The Labute approximate surface area is 158 Å². The van der Waals surface area contributed by atoms with Gasteiger partial charge in [0.1, 0.15) is 5.75 Å². The van der Waals surface area contributed by atoms with Gasteiger partial charge in [-0.3, -0.25) is 4.79 Å². The maximum Gasteiger partial charge on any atom is 0.257 e. The number of carbonyl (C=O) groups is 1. The Morgan fingerprint density at radius 3 is 2.27 bits per heavy atom. The Morgan fingerprint density at radius 2 is 1.73 bits per heavy atom. The van der Waals surface area contributed by atoms with E-state index in [0.29, 0.717) is 11.4 Å². The molecule has 1 amide bonds. The van der Waals surface area contributed by atoms with Crippen molar-refractivity contribution in [1.29, 1.82) is 0 Å². The van der Waals surface area contributed by atoms with Gasteiger partial charge < -0.3 is 10.1 Å². The molecule has 0 fully saturated rings. The molecule has 0 unspecified atom stereocenters.